The Kier molecular flexibility index (Phi) is 2.58. The Labute approximate surface area is 90.1 Å². The molecule has 0 amide bonds. The van der Waals surface area contributed by atoms with E-state index in [1.807, 2.05) is 0 Å². The lowest BCUT2D eigenvalue weighted by atomic mass is 10.2. The second kappa shape index (κ2) is 3.73. The summed E-state index contributed by atoms with van der Waals surface area (Å²) in [7, 11) is 0. The Morgan fingerprint density at radius 2 is 2.21 bits per heavy atom. The fourth-order valence-electron chi connectivity index (χ4n) is 2.01. The maximum atomic E-state index is 10.9. The van der Waals surface area contributed by atoms with Crippen molar-refractivity contribution >= 4 is 21.9 Å². The smallest absolute Gasteiger partial charge is 0.372 e. The molecule has 0 atom stereocenters. The Morgan fingerprint density at radius 3 is 2.79 bits per heavy atom. The van der Waals surface area contributed by atoms with Crippen LogP contribution in [0.4, 0.5) is 0 Å². The van der Waals surface area contributed by atoms with Crippen LogP contribution in [0.3, 0.4) is 0 Å². The molecular weight excluding hydrogens is 248 g/mol. The predicted octanol–water partition coefficient (Wildman–Crippen LogP) is 2.46. The third-order valence-electron chi connectivity index (χ3n) is 2.63. The van der Waals surface area contributed by atoms with Gasteiger partial charge in [0.1, 0.15) is 4.60 Å². The van der Waals surface area contributed by atoms with Gasteiger partial charge in [0.05, 0.1) is 6.20 Å². The van der Waals surface area contributed by atoms with Gasteiger partial charge in [0.2, 0.25) is 5.82 Å². The van der Waals surface area contributed by atoms with Crippen molar-refractivity contribution in [2.75, 3.05) is 0 Å². The van der Waals surface area contributed by atoms with Gasteiger partial charge in [-0.15, -0.1) is 0 Å². The van der Waals surface area contributed by atoms with Gasteiger partial charge < -0.3 is 9.67 Å². The van der Waals surface area contributed by atoms with Crippen LogP contribution in [-0.2, 0) is 0 Å². The van der Waals surface area contributed by atoms with Gasteiger partial charge in [0.15, 0.2) is 0 Å². The third-order valence-corrected chi connectivity index (χ3v) is 3.22. The number of carboxylic acids is 1. The molecule has 1 aliphatic rings. The second-order valence-corrected chi connectivity index (χ2v) is 4.33. The Morgan fingerprint density at radius 1 is 1.57 bits per heavy atom. The fraction of sp³-hybridized carbons (Fsp3) is 0.556. The monoisotopic (exact) mass is 258 g/mol. The summed E-state index contributed by atoms with van der Waals surface area (Å²) in [6.07, 6.45) is 6.01. The normalized spacial score (nSPS) is 17.5. The molecule has 0 spiro atoms. The van der Waals surface area contributed by atoms with Crippen LogP contribution in [0.5, 0.6) is 0 Å². The molecule has 0 aromatic carbocycles. The van der Waals surface area contributed by atoms with Gasteiger partial charge in [-0.2, -0.15) is 0 Å². The first-order valence-electron chi connectivity index (χ1n) is 4.66. The molecule has 1 aliphatic carbocycles. The molecule has 1 heterocycles. The predicted molar refractivity (Wildman–Crippen MR) is 54.4 cm³/mol. The van der Waals surface area contributed by atoms with Gasteiger partial charge in [0.25, 0.3) is 0 Å². The molecule has 0 radical (unpaired) electrons. The highest BCUT2D eigenvalue weighted by atomic mass is 79.9. The minimum Gasteiger partial charge on any atom is -0.475 e. The molecule has 2 rings (SSSR count). The maximum Gasteiger partial charge on any atom is 0.372 e. The minimum atomic E-state index is -0.956. The average molecular weight is 259 g/mol. The molecule has 1 N–H and O–H groups in total. The summed E-state index contributed by atoms with van der Waals surface area (Å²) in [5.74, 6) is -0.814. The molecule has 4 nitrogen and oxygen atoms in total. The van der Waals surface area contributed by atoms with E-state index < -0.39 is 5.97 Å². The van der Waals surface area contributed by atoms with E-state index in [1.165, 1.54) is 12.8 Å². The van der Waals surface area contributed by atoms with Crippen molar-refractivity contribution in [2.24, 2.45) is 0 Å². The number of aromatic nitrogens is 2. The minimum absolute atomic E-state index is 0.142. The van der Waals surface area contributed by atoms with Crippen molar-refractivity contribution in [2.45, 2.75) is 31.7 Å². The number of hydrogen-bond acceptors (Lipinski definition) is 2. The van der Waals surface area contributed by atoms with Gasteiger partial charge in [0, 0.05) is 6.04 Å². The highest BCUT2D eigenvalue weighted by molar-refractivity contribution is 9.10. The van der Waals surface area contributed by atoms with E-state index >= 15 is 0 Å². The molecule has 5 heteroatoms. The van der Waals surface area contributed by atoms with Crippen LogP contribution < -0.4 is 0 Å². The van der Waals surface area contributed by atoms with E-state index in [-0.39, 0.29) is 5.82 Å². The lowest BCUT2D eigenvalue weighted by Crippen LogP contribution is -2.13. The Hall–Kier alpha value is -0.840. The first-order valence-corrected chi connectivity index (χ1v) is 5.45. The summed E-state index contributed by atoms with van der Waals surface area (Å²) in [4.78, 5) is 14.8. The first kappa shape index (κ1) is 9.71. The largest absolute Gasteiger partial charge is 0.475 e. The number of rotatable bonds is 2. The van der Waals surface area contributed by atoms with Crippen molar-refractivity contribution in [1.29, 1.82) is 0 Å². The summed E-state index contributed by atoms with van der Waals surface area (Å²) in [5.41, 5.74) is 0. The Balaban J connectivity index is 2.38. The number of imidazole rings is 1. The molecule has 0 bridgehead atoms. The molecule has 0 unspecified atom stereocenters. The zero-order valence-electron chi connectivity index (χ0n) is 7.61. The summed E-state index contributed by atoms with van der Waals surface area (Å²) in [6, 6.07) is 0.304. The zero-order valence-corrected chi connectivity index (χ0v) is 9.20. The molecule has 14 heavy (non-hydrogen) atoms. The third kappa shape index (κ3) is 1.56. The summed E-state index contributed by atoms with van der Waals surface area (Å²) in [6.45, 7) is 0. The van der Waals surface area contributed by atoms with Crippen molar-refractivity contribution in [1.82, 2.24) is 9.55 Å². The first-order chi connectivity index (χ1) is 6.70. The van der Waals surface area contributed by atoms with Crippen LogP contribution in [0.2, 0.25) is 0 Å². The molecule has 0 saturated heterocycles. The topological polar surface area (TPSA) is 55.1 Å². The van der Waals surface area contributed by atoms with Crippen molar-refractivity contribution in [3.63, 3.8) is 0 Å². The molecule has 1 aromatic heterocycles. The fourth-order valence-corrected chi connectivity index (χ4v) is 2.57. The van der Waals surface area contributed by atoms with E-state index in [4.69, 9.17) is 5.11 Å². The highest BCUT2D eigenvalue weighted by Gasteiger charge is 2.24. The van der Waals surface area contributed by atoms with Crippen molar-refractivity contribution < 1.29 is 9.90 Å². The van der Waals surface area contributed by atoms with E-state index in [9.17, 15) is 4.79 Å². The summed E-state index contributed by atoms with van der Waals surface area (Å²) < 4.78 is 2.55. The van der Waals surface area contributed by atoms with Gasteiger partial charge in [-0.3, -0.25) is 0 Å². The molecule has 76 valence electrons. The zero-order chi connectivity index (χ0) is 10.1. The van der Waals surface area contributed by atoms with Crippen molar-refractivity contribution in [3.05, 3.63) is 16.6 Å². The van der Waals surface area contributed by atoms with Gasteiger partial charge >= 0.3 is 5.97 Å². The van der Waals surface area contributed by atoms with E-state index in [1.54, 1.807) is 10.8 Å². The lowest BCUT2D eigenvalue weighted by Gasteiger charge is -2.14. The SMILES string of the molecule is O=C(O)c1ncc(Br)n1C1CCCC1. The van der Waals surface area contributed by atoms with Crippen LogP contribution >= 0.6 is 15.9 Å². The molecule has 0 aliphatic heterocycles. The van der Waals surface area contributed by atoms with Gasteiger partial charge in [-0.1, -0.05) is 12.8 Å². The van der Waals surface area contributed by atoms with Crippen LogP contribution in [-0.4, -0.2) is 20.6 Å². The quantitative estimate of drug-likeness (QED) is 0.887. The number of halogens is 1. The molecule has 1 aromatic rings. The average Bonchev–Trinajstić information content (AvgIpc) is 2.71. The molecule has 1 saturated carbocycles. The van der Waals surface area contributed by atoms with Crippen LogP contribution in [0.25, 0.3) is 0 Å². The Bertz CT molecular complexity index is 356. The van der Waals surface area contributed by atoms with E-state index in [0.29, 0.717) is 6.04 Å². The van der Waals surface area contributed by atoms with Crippen LogP contribution in [0.1, 0.15) is 42.3 Å². The van der Waals surface area contributed by atoms with Crippen LogP contribution in [0, 0.1) is 0 Å². The second-order valence-electron chi connectivity index (χ2n) is 3.52. The lowest BCUT2D eigenvalue weighted by molar-refractivity contribution is 0.0675. The molecular formula is C9H11BrN2O2. The van der Waals surface area contributed by atoms with E-state index in [2.05, 4.69) is 20.9 Å². The maximum absolute atomic E-state index is 10.9. The van der Waals surface area contributed by atoms with E-state index in [0.717, 1.165) is 17.4 Å². The van der Waals surface area contributed by atoms with Gasteiger partial charge in [-0.05, 0) is 28.8 Å². The van der Waals surface area contributed by atoms with Crippen LogP contribution in [0.15, 0.2) is 10.8 Å². The number of carbonyl (C=O) groups is 1. The highest BCUT2D eigenvalue weighted by Crippen LogP contribution is 2.33. The van der Waals surface area contributed by atoms with Gasteiger partial charge in [-0.25, -0.2) is 9.78 Å². The summed E-state index contributed by atoms with van der Waals surface area (Å²) in [5, 5.41) is 8.94. The molecule has 1 fully saturated rings. The standard InChI is InChI=1S/C9H11BrN2O2/c10-7-5-11-8(9(13)14)12(7)6-3-1-2-4-6/h5-6H,1-4H2,(H,13,14). The number of aromatic carboxylic acids is 1. The number of carboxylic acid groups (broad SMARTS) is 1. The number of nitrogens with zero attached hydrogens (tertiary/aromatic N) is 2. The number of hydrogen-bond donors (Lipinski definition) is 1. The summed E-state index contributed by atoms with van der Waals surface area (Å²) >= 11 is 3.33. The van der Waals surface area contributed by atoms with Crippen molar-refractivity contribution in [3.8, 4) is 0 Å².